The van der Waals surface area contributed by atoms with E-state index in [0.717, 1.165) is 41.3 Å². The molecule has 0 saturated carbocycles. The number of hydrogen-bond donors (Lipinski definition) is 0. The minimum atomic E-state index is 0.0140. The molecule has 4 nitrogen and oxygen atoms in total. The Bertz CT molecular complexity index is 977. The number of para-hydroxylation sites is 1. The molecule has 2 aromatic rings. The van der Waals surface area contributed by atoms with Crippen molar-refractivity contribution in [2.24, 2.45) is 11.8 Å². The zero-order valence-corrected chi connectivity index (χ0v) is 18.9. The molecule has 1 aromatic carbocycles. The Kier molecular flexibility index (Phi) is 5.93. The first-order valence-electron chi connectivity index (χ1n) is 10.3. The van der Waals surface area contributed by atoms with Crippen LogP contribution >= 0.6 is 24.0 Å². The van der Waals surface area contributed by atoms with Gasteiger partial charge in [-0.05, 0) is 42.9 Å². The highest BCUT2D eigenvalue weighted by molar-refractivity contribution is 8.26. The molecule has 2 aliphatic rings. The SMILES string of the molecule is CC(C)CN1C(=O)/C(=C/c2cc3ccccc3nc2N2CCC(C)CC2)SC1=S. The van der Waals surface area contributed by atoms with Gasteiger partial charge in [0.05, 0.1) is 10.4 Å². The van der Waals surface area contributed by atoms with E-state index < -0.39 is 0 Å². The predicted octanol–water partition coefficient (Wildman–Crippen LogP) is 5.33. The third-order valence-electron chi connectivity index (χ3n) is 5.52. The number of aromatic nitrogens is 1. The summed E-state index contributed by atoms with van der Waals surface area (Å²) in [6, 6.07) is 10.3. The van der Waals surface area contributed by atoms with Crippen molar-refractivity contribution in [1.82, 2.24) is 9.88 Å². The van der Waals surface area contributed by atoms with Crippen molar-refractivity contribution >= 4 is 57.0 Å². The van der Waals surface area contributed by atoms with Crippen LogP contribution in [0.25, 0.3) is 17.0 Å². The van der Waals surface area contributed by atoms with Crippen molar-refractivity contribution in [3.05, 3.63) is 40.8 Å². The Morgan fingerprint density at radius 1 is 1.28 bits per heavy atom. The van der Waals surface area contributed by atoms with Gasteiger partial charge in [0, 0.05) is 30.6 Å². The van der Waals surface area contributed by atoms with E-state index in [1.165, 1.54) is 24.6 Å². The third kappa shape index (κ3) is 4.33. The van der Waals surface area contributed by atoms with Gasteiger partial charge in [0.1, 0.15) is 10.1 Å². The first-order valence-corrected chi connectivity index (χ1v) is 11.5. The number of benzene rings is 1. The fourth-order valence-electron chi connectivity index (χ4n) is 3.87. The molecule has 0 bridgehead atoms. The van der Waals surface area contributed by atoms with Crippen LogP contribution in [0.15, 0.2) is 35.2 Å². The fraction of sp³-hybridized carbons (Fsp3) is 0.435. The molecule has 29 heavy (non-hydrogen) atoms. The molecule has 152 valence electrons. The monoisotopic (exact) mass is 425 g/mol. The quantitative estimate of drug-likeness (QED) is 0.489. The molecular formula is C23H27N3OS2. The fourth-order valence-corrected chi connectivity index (χ4v) is 5.13. The van der Waals surface area contributed by atoms with E-state index in [1.54, 1.807) is 4.90 Å². The lowest BCUT2D eigenvalue weighted by Gasteiger charge is -2.32. The van der Waals surface area contributed by atoms with E-state index in [1.807, 2.05) is 18.2 Å². The van der Waals surface area contributed by atoms with Crippen molar-refractivity contribution in [2.45, 2.75) is 33.6 Å². The number of thiocarbonyl (C=S) groups is 1. The summed E-state index contributed by atoms with van der Waals surface area (Å²) < 4.78 is 0.650. The van der Waals surface area contributed by atoms with E-state index in [-0.39, 0.29) is 5.91 Å². The van der Waals surface area contributed by atoms with E-state index in [4.69, 9.17) is 17.2 Å². The van der Waals surface area contributed by atoms with Crippen molar-refractivity contribution < 1.29 is 4.79 Å². The number of anilines is 1. The summed E-state index contributed by atoms with van der Waals surface area (Å²) in [4.78, 5) is 22.7. The molecule has 1 amide bonds. The van der Waals surface area contributed by atoms with Crippen LogP contribution in [0.4, 0.5) is 5.82 Å². The summed E-state index contributed by atoms with van der Waals surface area (Å²) in [6.45, 7) is 9.18. The highest BCUT2D eigenvalue weighted by Crippen LogP contribution is 2.36. The molecule has 6 heteroatoms. The van der Waals surface area contributed by atoms with Crippen LogP contribution in [0.2, 0.25) is 0 Å². The van der Waals surface area contributed by atoms with Gasteiger partial charge < -0.3 is 4.90 Å². The Hall–Kier alpha value is -1.92. The molecule has 0 unspecified atom stereocenters. The van der Waals surface area contributed by atoms with Gasteiger partial charge in [0.15, 0.2) is 0 Å². The molecule has 0 spiro atoms. The number of nitrogens with zero attached hydrogens (tertiary/aromatic N) is 3. The number of piperidine rings is 1. The molecule has 0 atom stereocenters. The number of carbonyl (C=O) groups excluding carboxylic acids is 1. The molecule has 1 aromatic heterocycles. The highest BCUT2D eigenvalue weighted by atomic mass is 32.2. The van der Waals surface area contributed by atoms with E-state index in [0.29, 0.717) is 21.7 Å². The minimum Gasteiger partial charge on any atom is -0.356 e. The number of fused-ring (bicyclic) bond motifs is 1. The Morgan fingerprint density at radius 2 is 2.00 bits per heavy atom. The Labute approximate surface area is 182 Å². The first-order chi connectivity index (χ1) is 13.9. The number of thioether (sulfide) groups is 1. The zero-order chi connectivity index (χ0) is 20.5. The molecule has 2 saturated heterocycles. The van der Waals surface area contributed by atoms with E-state index >= 15 is 0 Å². The largest absolute Gasteiger partial charge is 0.356 e. The normalized spacial score (nSPS) is 19.9. The van der Waals surface area contributed by atoms with E-state index in [9.17, 15) is 4.79 Å². The van der Waals surface area contributed by atoms with Crippen LogP contribution in [-0.2, 0) is 4.79 Å². The average Bonchev–Trinajstić information content (AvgIpc) is 2.95. The van der Waals surface area contributed by atoms with Crippen LogP contribution in [0, 0.1) is 11.8 Å². The van der Waals surface area contributed by atoms with Gasteiger partial charge in [-0.15, -0.1) is 0 Å². The number of carbonyl (C=O) groups is 1. The van der Waals surface area contributed by atoms with Crippen LogP contribution in [0.5, 0.6) is 0 Å². The number of pyridine rings is 1. The molecule has 2 fully saturated rings. The van der Waals surface area contributed by atoms with Crippen LogP contribution < -0.4 is 4.90 Å². The summed E-state index contributed by atoms with van der Waals surface area (Å²) in [6.07, 6.45) is 4.33. The van der Waals surface area contributed by atoms with Crippen LogP contribution in [0.3, 0.4) is 0 Å². The van der Waals surface area contributed by atoms with Crippen LogP contribution in [0.1, 0.15) is 39.2 Å². The molecule has 0 radical (unpaired) electrons. The van der Waals surface area contributed by atoms with Gasteiger partial charge in [0.2, 0.25) is 0 Å². The summed E-state index contributed by atoms with van der Waals surface area (Å²) in [5.74, 6) is 2.12. The number of hydrogen-bond acceptors (Lipinski definition) is 5. The zero-order valence-electron chi connectivity index (χ0n) is 17.2. The smallest absolute Gasteiger partial charge is 0.266 e. The molecular weight excluding hydrogens is 398 g/mol. The van der Waals surface area contributed by atoms with Crippen LogP contribution in [-0.4, -0.2) is 39.7 Å². The van der Waals surface area contributed by atoms with Gasteiger partial charge in [-0.3, -0.25) is 9.69 Å². The summed E-state index contributed by atoms with van der Waals surface area (Å²) in [5, 5.41) is 1.09. The standard InChI is InChI=1S/C23H27N3OS2/c1-15(2)14-26-22(27)20(29-23(26)28)13-18-12-17-6-4-5-7-19(17)24-21(18)25-10-8-16(3)9-11-25/h4-7,12-13,15-16H,8-11,14H2,1-3H3/b20-13-. The average molecular weight is 426 g/mol. The van der Waals surface area contributed by atoms with Gasteiger partial charge in [-0.25, -0.2) is 4.98 Å². The Morgan fingerprint density at radius 3 is 2.72 bits per heavy atom. The maximum atomic E-state index is 13.0. The highest BCUT2D eigenvalue weighted by Gasteiger charge is 2.32. The summed E-state index contributed by atoms with van der Waals surface area (Å²) >= 11 is 6.88. The predicted molar refractivity (Wildman–Crippen MR) is 127 cm³/mol. The molecule has 2 aliphatic heterocycles. The lowest BCUT2D eigenvalue weighted by Crippen LogP contribution is -2.34. The molecule has 4 rings (SSSR count). The minimum absolute atomic E-state index is 0.0140. The van der Waals surface area contributed by atoms with Gasteiger partial charge in [-0.2, -0.15) is 0 Å². The second-order valence-corrected chi connectivity index (χ2v) is 10.1. The van der Waals surface area contributed by atoms with Gasteiger partial charge in [0.25, 0.3) is 5.91 Å². The maximum Gasteiger partial charge on any atom is 0.266 e. The maximum absolute atomic E-state index is 13.0. The number of amides is 1. The van der Waals surface area contributed by atoms with Crippen molar-refractivity contribution in [1.29, 1.82) is 0 Å². The van der Waals surface area contributed by atoms with E-state index in [2.05, 4.69) is 43.9 Å². The molecule has 0 N–H and O–H groups in total. The lowest BCUT2D eigenvalue weighted by atomic mass is 9.98. The van der Waals surface area contributed by atoms with Gasteiger partial charge >= 0.3 is 0 Å². The second-order valence-electron chi connectivity index (χ2n) is 8.45. The topological polar surface area (TPSA) is 36.4 Å². The van der Waals surface area contributed by atoms with Crippen molar-refractivity contribution in [3.8, 4) is 0 Å². The van der Waals surface area contributed by atoms with Gasteiger partial charge in [-0.1, -0.05) is 63.0 Å². The third-order valence-corrected chi connectivity index (χ3v) is 6.90. The lowest BCUT2D eigenvalue weighted by molar-refractivity contribution is -0.122. The number of rotatable bonds is 4. The summed E-state index contributed by atoms with van der Waals surface area (Å²) in [7, 11) is 0. The first kappa shape index (κ1) is 20.4. The second kappa shape index (κ2) is 8.44. The molecule has 3 heterocycles. The molecule has 0 aliphatic carbocycles. The van der Waals surface area contributed by atoms with Crippen molar-refractivity contribution in [3.63, 3.8) is 0 Å². The Balaban J connectivity index is 1.74. The summed E-state index contributed by atoms with van der Waals surface area (Å²) in [5.41, 5.74) is 1.99. The van der Waals surface area contributed by atoms with Crippen molar-refractivity contribution in [2.75, 3.05) is 24.5 Å².